The zero-order valence-electron chi connectivity index (χ0n) is 18.7. The molecule has 1 atom stereocenters. The topological polar surface area (TPSA) is 63.2 Å². The normalized spacial score (nSPS) is 19.3. The van der Waals surface area contributed by atoms with Gasteiger partial charge in [0.2, 0.25) is 0 Å². The smallest absolute Gasteiger partial charge is 0.435 e. The first kappa shape index (κ1) is 24.5. The first-order valence-corrected chi connectivity index (χ1v) is 10.9. The van der Waals surface area contributed by atoms with Crippen LogP contribution in [0.15, 0.2) is 77.9 Å². The lowest BCUT2D eigenvalue weighted by molar-refractivity contribution is -0.296. The van der Waals surface area contributed by atoms with Crippen LogP contribution in [0.5, 0.6) is 11.5 Å². The molecule has 0 radical (unpaired) electrons. The number of carbonyl (C=O) groups is 1. The van der Waals surface area contributed by atoms with Crippen LogP contribution in [0.2, 0.25) is 0 Å². The van der Waals surface area contributed by atoms with E-state index in [4.69, 9.17) is 0 Å². The number of ether oxygens (including phenoxy) is 2. The molecule has 0 bridgehead atoms. The van der Waals surface area contributed by atoms with Gasteiger partial charge in [-0.1, -0.05) is 30.3 Å². The Morgan fingerprint density at radius 2 is 1.73 bits per heavy atom. The zero-order valence-corrected chi connectivity index (χ0v) is 18.7. The average Bonchev–Trinajstić information content (AvgIpc) is 3.37. The van der Waals surface area contributed by atoms with Crippen molar-refractivity contribution in [2.75, 3.05) is 11.9 Å². The van der Waals surface area contributed by atoms with Gasteiger partial charge < -0.3 is 14.8 Å². The van der Waals surface area contributed by atoms with Crippen LogP contribution in [0, 0.1) is 0 Å². The SMILES string of the molecule is O=C(Nc1ccc2c(c1)OC(F)(F)C2(F)F)N1CC(c2ccccc2)C(c2ccc(OC(F)F)cc2)=N1. The van der Waals surface area contributed by atoms with Crippen molar-refractivity contribution >= 4 is 17.4 Å². The van der Waals surface area contributed by atoms with Crippen molar-refractivity contribution in [3.05, 3.63) is 89.5 Å². The summed E-state index contributed by atoms with van der Waals surface area (Å²) in [4.78, 5) is 13.0. The van der Waals surface area contributed by atoms with Crippen LogP contribution in [0.4, 0.5) is 36.8 Å². The van der Waals surface area contributed by atoms with Crippen LogP contribution in [0.3, 0.4) is 0 Å². The molecule has 0 saturated carbocycles. The minimum atomic E-state index is -4.70. The third-order valence-electron chi connectivity index (χ3n) is 5.90. The summed E-state index contributed by atoms with van der Waals surface area (Å²) in [7, 11) is 0. The van der Waals surface area contributed by atoms with Crippen LogP contribution in [-0.4, -0.2) is 36.0 Å². The summed E-state index contributed by atoms with van der Waals surface area (Å²) in [5.41, 5.74) is 0.827. The van der Waals surface area contributed by atoms with Crippen LogP contribution >= 0.6 is 0 Å². The number of alkyl halides is 6. The third-order valence-corrected chi connectivity index (χ3v) is 5.90. The molecule has 2 aliphatic rings. The van der Waals surface area contributed by atoms with Gasteiger partial charge in [0.15, 0.2) is 0 Å². The van der Waals surface area contributed by atoms with E-state index in [1.54, 1.807) is 0 Å². The van der Waals surface area contributed by atoms with E-state index in [-0.39, 0.29) is 23.9 Å². The lowest BCUT2D eigenvalue weighted by Gasteiger charge is -2.16. The van der Waals surface area contributed by atoms with Crippen molar-refractivity contribution in [2.24, 2.45) is 5.10 Å². The Bertz CT molecular complexity index is 1350. The maximum Gasteiger partial charge on any atom is 0.469 e. The maximum atomic E-state index is 13.8. The van der Waals surface area contributed by atoms with E-state index in [0.717, 1.165) is 28.8 Å². The summed E-state index contributed by atoms with van der Waals surface area (Å²) < 4.78 is 88.1. The first-order chi connectivity index (χ1) is 17.5. The van der Waals surface area contributed by atoms with Gasteiger partial charge in [0, 0.05) is 17.7 Å². The summed E-state index contributed by atoms with van der Waals surface area (Å²) in [5, 5.41) is 7.95. The minimum Gasteiger partial charge on any atom is -0.435 e. The molecule has 0 fully saturated rings. The lowest BCUT2D eigenvalue weighted by Crippen LogP contribution is -2.36. The second-order valence-corrected chi connectivity index (χ2v) is 8.27. The molecule has 3 aromatic carbocycles. The van der Waals surface area contributed by atoms with Crippen molar-refractivity contribution in [2.45, 2.75) is 24.6 Å². The van der Waals surface area contributed by atoms with Gasteiger partial charge in [-0.05, 0) is 47.5 Å². The van der Waals surface area contributed by atoms with Gasteiger partial charge in [-0.3, -0.25) is 0 Å². The summed E-state index contributed by atoms with van der Waals surface area (Å²) in [5.74, 6) is -5.67. The van der Waals surface area contributed by atoms with Crippen LogP contribution < -0.4 is 14.8 Å². The van der Waals surface area contributed by atoms with E-state index < -0.39 is 36.0 Å². The Kier molecular flexibility index (Phi) is 5.97. The highest BCUT2D eigenvalue weighted by atomic mass is 19.3. The van der Waals surface area contributed by atoms with Gasteiger partial charge in [-0.2, -0.15) is 31.4 Å². The number of hydrogen-bond acceptors (Lipinski definition) is 4. The minimum absolute atomic E-state index is 0.0433. The van der Waals surface area contributed by atoms with E-state index in [9.17, 15) is 31.1 Å². The number of benzene rings is 3. The molecule has 2 heterocycles. The number of urea groups is 1. The second-order valence-electron chi connectivity index (χ2n) is 8.27. The van der Waals surface area contributed by atoms with Gasteiger partial charge in [0.05, 0.1) is 17.8 Å². The van der Waals surface area contributed by atoms with Crippen molar-refractivity contribution in [1.29, 1.82) is 0 Å². The fraction of sp³-hybridized carbons (Fsp3) is 0.200. The predicted molar refractivity (Wildman–Crippen MR) is 120 cm³/mol. The van der Waals surface area contributed by atoms with Crippen LogP contribution in [0.25, 0.3) is 0 Å². The van der Waals surface area contributed by atoms with E-state index in [1.165, 1.54) is 24.3 Å². The van der Waals surface area contributed by atoms with E-state index in [0.29, 0.717) is 11.3 Å². The second kappa shape index (κ2) is 9.02. The average molecular weight is 521 g/mol. The van der Waals surface area contributed by atoms with Crippen molar-refractivity contribution < 1.29 is 40.6 Å². The fourth-order valence-corrected chi connectivity index (χ4v) is 4.13. The number of halogens is 6. The van der Waals surface area contributed by atoms with Crippen LogP contribution in [0.1, 0.15) is 22.6 Å². The summed E-state index contributed by atoms with van der Waals surface area (Å²) in [6.07, 6.45) is -4.70. The molecule has 0 saturated heterocycles. The molecule has 3 aromatic rings. The Balaban J connectivity index is 1.39. The molecule has 12 heteroatoms. The molecule has 5 rings (SSSR count). The first-order valence-electron chi connectivity index (χ1n) is 10.9. The highest BCUT2D eigenvalue weighted by Gasteiger charge is 2.66. The summed E-state index contributed by atoms with van der Waals surface area (Å²) in [6, 6.07) is 16.9. The van der Waals surface area contributed by atoms with Gasteiger partial charge in [-0.25, -0.2) is 9.80 Å². The van der Waals surface area contributed by atoms with Crippen LogP contribution in [-0.2, 0) is 5.92 Å². The van der Waals surface area contributed by atoms with E-state index in [1.807, 2.05) is 30.3 Å². The summed E-state index contributed by atoms with van der Waals surface area (Å²) in [6.45, 7) is -2.88. The quantitative estimate of drug-likeness (QED) is 0.396. The highest BCUT2D eigenvalue weighted by Crippen LogP contribution is 2.53. The molecule has 2 amide bonds. The number of nitrogens with one attached hydrogen (secondary N) is 1. The number of amides is 2. The lowest BCUT2D eigenvalue weighted by atomic mass is 9.90. The Morgan fingerprint density at radius 1 is 1.03 bits per heavy atom. The van der Waals surface area contributed by atoms with Crippen molar-refractivity contribution in [1.82, 2.24) is 5.01 Å². The Morgan fingerprint density at radius 3 is 2.41 bits per heavy atom. The molecule has 1 unspecified atom stereocenters. The Labute approximate surface area is 206 Å². The molecule has 192 valence electrons. The number of rotatable bonds is 5. The largest absolute Gasteiger partial charge is 0.469 e. The monoisotopic (exact) mass is 521 g/mol. The number of fused-ring (bicyclic) bond motifs is 1. The maximum absolute atomic E-state index is 13.8. The van der Waals surface area contributed by atoms with Gasteiger partial charge in [0.25, 0.3) is 0 Å². The molecular weight excluding hydrogens is 504 g/mol. The van der Waals surface area contributed by atoms with Crippen molar-refractivity contribution in [3.8, 4) is 11.5 Å². The fourth-order valence-electron chi connectivity index (χ4n) is 4.13. The van der Waals surface area contributed by atoms with Gasteiger partial charge in [-0.15, -0.1) is 0 Å². The Hall–Kier alpha value is -4.22. The van der Waals surface area contributed by atoms with Gasteiger partial charge in [0.1, 0.15) is 11.5 Å². The molecular formula is C25H17F6N3O3. The van der Waals surface area contributed by atoms with Gasteiger partial charge >= 0.3 is 24.7 Å². The standard InChI is InChI=1S/C25H17F6N3O3/c26-22(27)36-17-9-6-15(7-10-17)21-18(14-4-2-1-3-5-14)13-34(33-21)23(35)32-16-8-11-19-20(12-16)37-25(30,31)24(19,28)29/h1-12,18,22H,13H2,(H,32,35). The molecule has 0 spiro atoms. The molecule has 6 nitrogen and oxygen atoms in total. The third kappa shape index (κ3) is 4.54. The van der Waals surface area contributed by atoms with Crippen molar-refractivity contribution in [3.63, 3.8) is 0 Å². The van der Waals surface area contributed by atoms with E-state index >= 15 is 0 Å². The molecule has 37 heavy (non-hydrogen) atoms. The number of carbonyl (C=O) groups excluding carboxylic acids is 1. The number of anilines is 1. The zero-order chi connectivity index (χ0) is 26.4. The predicted octanol–water partition coefficient (Wildman–Crippen LogP) is 6.40. The number of hydrogen-bond donors (Lipinski definition) is 1. The summed E-state index contributed by atoms with van der Waals surface area (Å²) >= 11 is 0. The molecule has 0 aliphatic carbocycles. The highest BCUT2D eigenvalue weighted by molar-refractivity contribution is 6.08. The van der Waals surface area contributed by atoms with E-state index in [2.05, 4.69) is 19.9 Å². The molecule has 1 N–H and O–H groups in total. The number of hydrazone groups is 1. The number of nitrogens with zero attached hydrogens (tertiary/aromatic N) is 2. The molecule has 2 aliphatic heterocycles. The molecule has 0 aromatic heterocycles.